The Hall–Kier alpha value is -2.36. The summed E-state index contributed by atoms with van der Waals surface area (Å²) in [6, 6.07) is 6.76. The topological polar surface area (TPSA) is 97.4 Å². The van der Waals surface area contributed by atoms with E-state index in [4.69, 9.17) is 4.74 Å². The molecule has 1 aromatic heterocycles. The molecule has 9 heteroatoms. The van der Waals surface area contributed by atoms with Crippen molar-refractivity contribution in [2.75, 3.05) is 25.1 Å². The summed E-state index contributed by atoms with van der Waals surface area (Å²) >= 11 is 0. The van der Waals surface area contributed by atoms with Crippen LogP contribution >= 0.6 is 0 Å². The smallest absolute Gasteiger partial charge is 0.255 e. The fourth-order valence-corrected chi connectivity index (χ4v) is 3.70. The Balaban J connectivity index is 1.71. The molecule has 1 fully saturated rings. The minimum absolute atomic E-state index is 0.0126. The molecular formula is C17H18FN3O4S. The van der Waals surface area contributed by atoms with Crippen LogP contribution in [0, 0.1) is 11.7 Å². The van der Waals surface area contributed by atoms with Gasteiger partial charge in [-0.3, -0.25) is 9.78 Å². The molecule has 1 atom stereocenters. The maximum Gasteiger partial charge on any atom is 0.255 e. The maximum absolute atomic E-state index is 13.1. The van der Waals surface area contributed by atoms with Crippen LogP contribution in [0.5, 0.6) is 0 Å². The molecule has 0 saturated carbocycles. The molecule has 7 nitrogen and oxygen atoms in total. The molecule has 26 heavy (non-hydrogen) atoms. The number of ether oxygens (including phenoxy) is 1. The van der Waals surface area contributed by atoms with Gasteiger partial charge in [0.15, 0.2) is 0 Å². The number of pyridine rings is 1. The third-order valence-electron chi connectivity index (χ3n) is 3.96. The SMILES string of the molecule is O=C(Nc1cncc(F)c1)c1cccc(S(=O)(=O)NCC2CCOC2)c1. The molecule has 1 aromatic carbocycles. The zero-order chi connectivity index (χ0) is 18.6. The summed E-state index contributed by atoms with van der Waals surface area (Å²) in [6.45, 7) is 1.46. The number of nitrogens with one attached hydrogen (secondary N) is 2. The van der Waals surface area contributed by atoms with Crippen LogP contribution in [-0.2, 0) is 14.8 Å². The fraction of sp³-hybridized carbons (Fsp3) is 0.294. The van der Waals surface area contributed by atoms with Gasteiger partial charge in [0.2, 0.25) is 10.0 Å². The number of amides is 1. The lowest BCUT2D eigenvalue weighted by Crippen LogP contribution is -2.29. The van der Waals surface area contributed by atoms with E-state index in [1.807, 2.05) is 0 Å². The number of nitrogens with zero attached hydrogens (tertiary/aromatic N) is 1. The third-order valence-corrected chi connectivity index (χ3v) is 5.38. The van der Waals surface area contributed by atoms with Crippen LogP contribution in [0.3, 0.4) is 0 Å². The Morgan fingerprint density at radius 3 is 2.88 bits per heavy atom. The van der Waals surface area contributed by atoms with Crippen LogP contribution in [0.2, 0.25) is 0 Å². The second kappa shape index (κ2) is 7.90. The first-order valence-electron chi connectivity index (χ1n) is 8.03. The number of aromatic nitrogens is 1. The molecule has 2 N–H and O–H groups in total. The van der Waals surface area contributed by atoms with Crippen LogP contribution < -0.4 is 10.0 Å². The molecule has 1 aliphatic heterocycles. The van der Waals surface area contributed by atoms with Crippen molar-refractivity contribution in [2.24, 2.45) is 5.92 Å². The first kappa shape index (κ1) is 18.4. The lowest BCUT2D eigenvalue weighted by molar-refractivity contribution is 0.102. The summed E-state index contributed by atoms with van der Waals surface area (Å²) in [5.74, 6) is -0.991. The molecule has 2 aromatic rings. The molecule has 2 heterocycles. The van der Waals surface area contributed by atoms with E-state index >= 15 is 0 Å². The molecule has 0 radical (unpaired) electrons. The van der Waals surface area contributed by atoms with E-state index in [1.165, 1.54) is 30.5 Å². The van der Waals surface area contributed by atoms with E-state index in [2.05, 4.69) is 15.0 Å². The van der Waals surface area contributed by atoms with Gasteiger partial charge in [0.25, 0.3) is 5.91 Å². The van der Waals surface area contributed by atoms with Crippen molar-refractivity contribution in [1.29, 1.82) is 0 Å². The molecule has 0 spiro atoms. The number of halogens is 1. The predicted octanol–water partition coefficient (Wildman–Crippen LogP) is 1.79. The Labute approximate surface area is 150 Å². The van der Waals surface area contributed by atoms with Gasteiger partial charge in [0.1, 0.15) is 5.82 Å². The van der Waals surface area contributed by atoms with E-state index in [1.54, 1.807) is 0 Å². The van der Waals surface area contributed by atoms with Gasteiger partial charge in [-0.2, -0.15) is 0 Å². The van der Waals surface area contributed by atoms with Crippen molar-refractivity contribution in [2.45, 2.75) is 11.3 Å². The molecule has 0 aliphatic carbocycles. The molecular weight excluding hydrogens is 361 g/mol. The van der Waals surface area contributed by atoms with Crippen LogP contribution in [0.15, 0.2) is 47.6 Å². The number of hydrogen-bond donors (Lipinski definition) is 2. The highest BCUT2D eigenvalue weighted by Crippen LogP contribution is 2.16. The summed E-state index contributed by atoms with van der Waals surface area (Å²) in [5.41, 5.74) is 0.323. The highest BCUT2D eigenvalue weighted by molar-refractivity contribution is 7.89. The Morgan fingerprint density at radius 1 is 1.31 bits per heavy atom. The maximum atomic E-state index is 13.1. The number of benzene rings is 1. The van der Waals surface area contributed by atoms with Crippen molar-refractivity contribution in [3.8, 4) is 0 Å². The molecule has 1 unspecified atom stereocenters. The minimum Gasteiger partial charge on any atom is -0.381 e. The highest BCUT2D eigenvalue weighted by atomic mass is 32.2. The predicted molar refractivity (Wildman–Crippen MR) is 92.7 cm³/mol. The Bertz CT molecular complexity index is 898. The average Bonchev–Trinajstić information content (AvgIpc) is 3.14. The van der Waals surface area contributed by atoms with Gasteiger partial charge in [0, 0.05) is 24.8 Å². The minimum atomic E-state index is -3.74. The Morgan fingerprint density at radius 2 is 2.15 bits per heavy atom. The van der Waals surface area contributed by atoms with Crippen molar-refractivity contribution >= 4 is 21.6 Å². The zero-order valence-corrected chi connectivity index (χ0v) is 14.6. The summed E-state index contributed by atoms with van der Waals surface area (Å²) in [4.78, 5) is 15.9. The molecule has 3 rings (SSSR count). The highest BCUT2D eigenvalue weighted by Gasteiger charge is 2.21. The second-order valence-corrected chi connectivity index (χ2v) is 7.72. The first-order chi connectivity index (χ1) is 12.4. The van der Waals surface area contributed by atoms with Crippen LogP contribution in [0.1, 0.15) is 16.8 Å². The van der Waals surface area contributed by atoms with Crippen molar-refractivity contribution < 1.29 is 22.3 Å². The van der Waals surface area contributed by atoms with Crippen LogP contribution in [-0.4, -0.2) is 39.1 Å². The Kier molecular flexibility index (Phi) is 5.60. The quantitative estimate of drug-likeness (QED) is 0.798. The van der Waals surface area contributed by atoms with E-state index in [0.717, 1.165) is 18.7 Å². The fourth-order valence-electron chi connectivity index (χ4n) is 2.54. The normalized spacial score (nSPS) is 17.2. The molecule has 0 bridgehead atoms. The number of sulfonamides is 1. The van der Waals surface area contributed by atoms with Gasteiger partial charge in [-0.15, -0.1) is 0 Å². The third kappa shape index (κ3) is 4.63. The number of carbonyl (C=O) groups excluding carboxylic acids is 1. The van der Waals surface area contributed by atoms with Gasteiger partial charge in [-0.25, -0.2) is 17.5 Å². The standard InChI is InChI=1S/C17H18FN3O4S/c18-14-7-15(10-19-9-14)21-17(22)13-2-1-3-16(6-13)26(23,24)20-8-12-4-5-25-11-12/h1-3,6-7,9-10,12,20H,4-5,8,11H2,(H,21,22). The second-order valence-electron chi connectivity index (χ2n) is 5.96. The molecule has 138 valence electrons. The lowest BCUT2D eigenvalue weighted by Gasteiger charge is -2.11. The monoisotopic (exact) mass is 379 g/mol. The number of anilines is 1. The van der Waals surface area contributed by atoms with Gasteiger partial charge < -0.3 is 10.1 Å². The van der Waals surface area contributed by atoms with Crippen LogP contribution in [0.25, 0.3) is 0 Å². The average molecular weight is 379 g/mol. The van der Waals surface area contributed by atoms with E-state index in [9.17, 15) is 17.6 Å². The lowest BCUT2D eigenvalue weighted by atomic mass is 10.1. The first-order valence-corrected chi connectivity index (χ1v) is 9.52. The zero-order valence-electron chi connectivity index (χ0n) is 13.8. The van der Waals surface area contributed by atoms with Gasteiger partial charge in [-0.1, -0.05) is 6.07 Å². The van der Waals surface area contributed by atoms with Crippen molar-refractivity contribution in [3.05, 3.63) is 54.1 Å². The van der Waals surface area contributed by atoms with E-state index in [0.29, 0.717) is 13.2 Å². The molecule has 1 amide bonds. The van der Waals surface area contributed by atoms with Gasteiger partial charge >= 0.3 is 0 Å². The van der Waals surface area contributed by atoms with E-state index < -0.39 is 21.7 Å². The number of carbonyl (C=O) groups is 1. The van der Waals surface area contributed by atoms with Crippen LogP contribution in [0.4, 0.5) is 10.1 Å². The summed E-state index contributed by atoms with van der Waals surface area (Å²) in [5, 5.41) is 2.48. The van der Waals surface area contributed by atoms with Gasteiger partial charge in [-0.05, 0) is 30.5 Å². The number of hydrogen-bond acceptors (Lipinski definition) is 5. The van der Waals surface area contributed by atoms with E-state index in [-0.39, 0.29) is 28.6 Å². The summed E-state index contributed by atoms with van der Waals surface area (Å²) in [6.07, 6.45) is 3.13. The van der Waals surface area contributed by atoms with Crippen molar-refractivity contribution in [3.63, 3.8) is 0 Å². The number of rotatable bonds is 6. The summed E-state index contributed by atoms with van der Waals surface area (Å²) in [7, 11) is -3.74. The molecule has 1 aliphatic rings. The molecule has 1 saturated heterocycles. The largest absolute Gasteiger partial charge is 0.381 e. The summed E-state index contributed by atoms with van der Waals surface area (Å²) < 4.78 is 45.8. The van der Waals surface area contributed by atoms with Gasteiger partial charge in [0.05, 0.1) is 29.6 Å². The van der Waals surface area contributed by atoms with Crippen molar-refractivity contribution in [1.82, 2.24) is 9.71 Å².